The summed E-state index contributed by atoms with van der Waals surface area (Å²) in [6.07, 6.45) is 1.15. The number of hydrogen-bond acceptors (Lipinski definition) is 4. The van der Waals surface area contributed by atoms with Crippen LogP contribution in [-0.2, 0) is 4.43 Å². The smallest absolute Gasteiger partial charge is 0.407 e. The van der Waals surface area contributed by atoms with Gasteiger partial charge in [0.05, 0.1) is 12.7 Å². The van der Waals surface area contributed by atoms with E-state index in [1.807, 2.05) is 36.4 Å². The number of hydrogen-bond donors (Lipinski definition) is 2. The second kappa shape index (κ2) is 11.5. The molecule has 0 aliphatic heterocycles. The highest BCUT2D eigenvalue weighted by atomic mass is 28.4. The Bertz CT molecular complexity index is 895. The van der Waals surface area contributed by atoms with Crippen LogP contribution in [0.4, 0.5) is 4.79 Å². The second-order valence-corrected chi connectivity index (χ2v) is 13.0. The Morgan fingerprint density at radius 1 is 1.12 bits per heavy atom. The van der Waals surface area contributed by atoms with Gasteiger partial charge in [0, 0.05) is 31.9 Å². The summed E-state index contributed by atoms with van der Waals surface area (Å²) in [5.41, 5.74) is 0.693. The third-order valence-corrected chi connectivity index (χ3v) is 10.4. The number of nitrogens with zero attached hydrogens (tertiary/aromatic N) is 2. The lowest BCUT2D eigenvalue weighted by molar-refractivity contribution is 0.155. The SMILES string of the molecule is CN(CCCN/C(=C\C#N)CO[Si](c1ccccc1)(c1ccccc1)C(C)(C)C)C(=O)O. The van der Waals surface area contributed by atoms with E-state index in [1.165, 1.54) is 21.3 Å². The van der Waals surface area contributed by atoms with Crippen molar-refractivity contribution in [2.75, 3.05) is 26.7 Å². The molecule has 1 amide bonds. The molecule has 32 heavy (non-hydrogen) atoms. The zero-order valence-electron chi connectivity index (χ0n) is 19.3. The third-order valence-electron chi connectivity index (χ3n) is 5.45. The van der Waals surface area contributed by atoms with Crippen molar-refractivity contribution in [2.45, 2.75) is 32.2 Å². The quantitative estimate of drug-likeness (QED) is 0.328. The summed E-state index contributed by atoms with van der Waals surface area (Å²) in [6, 6.07) is 22.8. The van der Waals surface area contributed by atoms with Crippen LogP contribution in [0, 0.1) is 11.3 Å². The number of carboxylic acid groups (broad SMARTS) is 1. The van der Waals surface area contributed by atoms with Crippen molar-refractivity contribution in [2.24, 2.45) is 0 Å². The van der Waals surface area contributed by atoms with Crippen molar-refractivity contribution >= 4 is 24.8 Å². The average Bonchev–Trinajstić information content (AvgIpc) is 2.77. The van der Waals surface area contributed by atoms with E-state index >= 15 is 0 Å². The fraction of sp³-hybridized carbons (Fsp3) is 0.360. The van der Waals surface area contributed by atoms with Gasteiger partial charge in [-0.2, -0.15) is 5.26 Å². The molecule has 0 saturated carbocycles. The fourth-order valence-electron chi connectivity index (χ4n) is 3.83. The molecule has 0 aliphatic rings. The lowest BCUT2D eigenvalue weighted by Crippen LogP contribution is -2.66. The molecule has 7 heteroatoms. The van der Waals surface area contributed by atoms with Crippen LogP contribution >= 0.6 is 0 Å². The molecular weight excluding hydrogens is 418 g/mol. The Kier molecular flexibility index (Phi) is 9.06. The van der Waals surface area contributed by atoms with E-state index in [1.54, 1.807) is 7.05 Å². The Morgan fingerprint density at radius 3 is 2.09 bits per heavy atom. The van der Waals surface area contributed by atoms with Crippen LogP contribution in [0.2, 0.25) is 5.04 Å². The van der Waals surface area contributed by atoms with E-state index in [9.17, 15) is 10.1 Å². The summed E-state index contributed by atoms with van der Waals surface area (Å²) in [6.45, 7) is 7.87. The van der Waals surface area contributed by atoms with Crippen LogP contribution in [0.1, 0.15) is 27.2 Å². The van der Waals surface area contributed by atoms with Crippen molar-refractivity contribution in [3.63, 3.8) is 0 Å². The number of rotatable bonds is 10. The number of amides is 1. The molecule has 2 aromatic carbocycles. The first-order valence-corrected chi connectivity index (χ1v) is 12.6. The van der Waals surface area contributed by atoms with Crippen LogP contribution in [-0.4, -0.2) is 51.2 Å². The molecule has 0 unspecified atom stereocenters. The maximum absolute atomic E-state index is 10.9. The molecule has 6 nitrogen and oxygen atoms in total. The lowest BCUT2D eigenvalue weighted by Gasteiger charge is -2.43. The van der Waals surface area contributed by atoms with Gasteiger partial charge in [0.25, 0.3) is 8.32 Å². The normalized spacial score (nSPS) is 12.2. The van der Waals surface area contributed by atoms with Crippen molar-refractivity contribution in [3.05, 3.63) is 72.4 Å². The minimum atomic E-state index is -2.70. The molecule has 2 aromatic rings. The van der Waals surface area contributed by atoms with Crippen molar-refractivity contribution in [1.29, 1.82) is 5.26 Å². The highest BCUT2D eigenvalue weighted by Gasteiger charge is 2.50. The largest absolute Gasteiger partial charge is 0.465 e. The molecule has 0 aromatic heterocycles. The second-order valence-electron chi connectivity index (χ2n) is 8.74. The van der Waals surface area contributed by atoms with Crippen molar-refractivity contribution in [3.8, 4) is 6.07 Å². The van der Waals surface area contributed by atoms with Gasteiger partial charge in [-0.25, -0.2) is 4.79 Å². The number of nitriles is 1. The van der Waals surface area contributed by atoms with Gasteiger partial charge in [-0.3, -0.25) is 0 Å². The zero-order valence-corrected chi connectivity index (χ0v) is 20.3. The maximum Gasteiger partial charge on any atom is 0.407 e. The highest BCUT2D eigenvalue weighted by molar-refractivity contribution is 6.99. The van der Waals surface area contributed by atoms with E-state index in [2.05, 4.69) is 56.4 Å². The summed E-state index contributed by atoms with van der Waals surface area (Å²) >= 11 is 0. The van der Waals surface area contributed by atoms with Gasteiger partial charge in [-0.1, -0.05) is 81.4 Å². The fourth-order valence-corrected chi connectivity index (χ4v) is 8.36. The van der Waals surface area contributed by atoms with Crippen LogP contribution in [0.3, 0.4) is 0 Å². The lowest BCUT2D eigenvalue weighted by atomic mass is 10.2. The van der Waals surface area contributed by atoms with E-state index in [0.29, 0.717) is 25.2 Å². The van der Waals surface area contributed by atoms with E-state index in [0.717, 1.165) is 0 Å². The molecule has 0 spiro atoms. The third kappa shape index (κ3) is 6.22. The predicted octanol–water partition coefficient (Wildman–Crippen LogP) is 3.56. The summed E-state index contributed by atoms with van der Waals surface area (Å²) in [7, 11) is -1.16. The molecule has 0 fully saturated rings. The van der Waals surface area contributed by atoms with E-state index in [4.69, 9.17) is 9.53 Å². The molecule has 2 N–H and O–H groups in total. The summed E-state index contributed by atoms with van der Waals surface area (Å²) < 4.78 is 6.85. The summed E-state index contributed by atoms with van der Waals surface area (Å²) in [5.74, 6) is 0. The standard InChI is InChI=1S/C25H33N3O3Si/c1-25(2,3)32(22-12-7-5-8-13-22,23-14-9-6-10-15-23)31-20-21(16-17-26)27-18-11-19-28(4)24(29)30/h5-10,12-16,27H,11,18-20H2,1-4H3,(H,29,30)/b21-16-. The molecule has 170 valence electrons. The molecule has 0 atom stereocenters. The van der Waals surface area contributed by atoms with Gasteiger partial charge in [-0.05, 0) is 21.8 Å². The summed E-state index contributed by atoms with van der Waals surface area (Å²) in [4.78, 5) is 12.2. The van der Waals surface area contributed by atoms with Gasteiger partial charge >= 0.3 is 6.09 Å². The molecule has 2 rings (SSSR count). The number of benzene rings is 2. The Morgan fingerprint density at radius 2 is 1.66 bits per heavy atom. The minimum Gasteiger partial charge on any atom is -0.465 e. The Balaban J connectivity index is 2.28. The predicted molar refractivity (Wildman–Crippen MR) is 131 cm³/mol. The molecule has 0 bridgehead atoms. The molecule has 0 radical (unpaired) electrons. The van der Waals surface area contributed by atoms with Crippen LogP contribution in [0.15, 0.2) is 72.4 Å². The molecule has 0 aliphatic carbocycles. The Hall–Kier alpha value is -3.08. The van der Waals surface area contributed by atoms with Gasteiger partial charge in [0.1, 0.15) is 0 Å². The van der Waals surface area contributed by atoms with Crippen LogP contribution in [0.5, 0.6) is 0 Å². The average molecular weight is 452 g/mol. The zero-order chi connectivity index (χ0) is 23.6. The molecular formula is C25H33N3O3Si. The van der Waals surface area contributed by atoms with Crippen molar-refractivity contribution in [1.82, 2.24) is 10.2 Å². The first-order valence-electron chi connectivity index (χ1n) is 10.7. The molecule has 0 saturated heterocycles. The molecule has 0 heterocycles. The van der Waals surface area contributed by atoms with Gasteiger partial charge in [0.15, 0.2) is 0 Å². The van der Waals surface area contributed by atoms with E-state index < -0.39 is 14.4 Å². The van der Waals surface area contributed by atoms with Gasteiger partial charge < -0.3 is 19.7 Å². The first-order chi connectivity index (χ1) is 15.2. The minimum absolute atomic E-state index is 0.155. The van der Waals surface area contributed by atoms with Crippen molar-refractivity contribution < 1.29 is 14.3 Å². The van der Waals surface area contributed by atoms with Crippen LogP contribution < -0.4 is 15.7 Å². The highest BCUT2D eigenvalue weighted by Crippen LogP contribution is 2.36. The topological polar surface area (TPSA) is 85.6 Å². The van der Waals surface area contributed by atoms with Gasteiger partial charge in [-0.15, -0.1) is 0 Å². The van der Waals surface area contributed by atoms with Crippen LogP contribution in [0.25, 0.3) is 0 Å². The van der Waals surface area contributed by atoms with Gasteiger partial charge in [0.2, 0.25) is 0 Å². The Labute approximate surface area is 192 Å². The maximum atomic E-state index is 10.9. The first kappa shape index (κ1) is 25.2. The monoisotopic (exact) mass is 451 g/mol. The number of carbonyl (C=O) groups is 1. The number of allylic oxidation sites excluding steroid dienone is 1. The number of nitrogens with one attached hydrogen (secondary N) is 1. The van der Waals surface area contributed by atoms with E-state index in [-0.39, 0.29) is 11.6 Å². The summed E-state index contributed by atoms with van der Waals surface area (Å²) in [5, 5.41) is 23.7.